The van der Waals surface area contributed by atoms with E-state index in [2.05, 4.69) is 203 Å². The molecule has 0 spiro atoms. The molecule has 13 aromatic rings. The lowest BCUT2D eigenvalue weighted by atomic mass is 9.98. The molecule has 0 aliphatic rings. The lowest BCUT2D eigenvalue weighted by molar-refractivity contribution is 0.653. The quantitative estimate of drug-likeness (QED) is 0.175. The molecule has 284 valence electrons. The van der Waals surface area contributed by atoms with Crippen molar-refractivity contribution < 1.29 is 4.42 Å². The van der Waals surface area contributed by atoms with E-state index in [1.807, 2.05) is 12.1 Å². The van der Waals surface area contributed by atoms with Gasteiger partial charge in [0.25, 0.3) is 0 Å². The Morgan fingerprint density at radius 1 is 0.361 bits per heavy atom. The third-order valence-electron chi connectivity index (χ3n) is 12.3. The molecule has 9 aromatic carbocycles. The minimum Gasteiger partial charge on any atom is -0.436 e. The molecule has 13 rings (SSSR count). The van der Waals surface area contributed by atoms with Gasteiger partial charge < -0.3 is 13.6 Å². The molecule has 0 fully saturated rings. The van der Waals surface area contributed by atoms with Crippen molar-refractivity contribution in [3.8, 4) is 45.0 Å². The summed E-state index contributed by atoms with van der Waals surface area (Å²) in [4.78, 5) is 11.0. The van der Waals surface area contributed by atoms with Crippen LogP contribution in [0.15, 0.2) is 211 Å². The highest BCUT2D eigenvalue weighted by Gasteiger charge is 2.23. The summed E-state index contributed by atoms with van der Waals surface area (Å²) < 4.78 is 11.3. The van der Waals surface area contributed by atoms with E-state index in [0.717, 1.165) is 83.3 Å². The Morgan fingerprint density at radius 2 is 0.984 bits per heavy atom. The molecule has 0 radical (unpaired) electrons. The molecule has 0 aliphatic heterocycles. The van der Waals surface area contributed by atoms with E-state index in [9.17, 15) is 0 Å². The Kier molecular flexibility index (Phi) is 7.24. The maximum atomic E-state index is 6.57. The van der Waals surface area contributed by atoms with Crippen LogP contribution >= 0.6 is 0 Å². The van der Waals surface area contributed by atoms with Gasteiger partial charge in [-0.25, -0.2) is 9.97 Å². The monoisotopic (exact) mass is 778 g/mol. The molecular weight excluding hydrogens is 745 g/mol. The fourth-order valence-corrected chi connectivity index (χ4v) is 9.55. The van der Waals surface area contributed by atoms with E-state index in [1.165, 1.54) is 32.6 Å². The van der Waals surface area contributed by atoms with E-state index in [1.54, 1.807) is 0 Å². The number of benzene rings is 9. The van der Waals surface area contributed by atoms with Crippen LogP contribution in [0.4, 0.5) is 0 Å². The molecule has 4 aromatic heterocycles. The van der Waals surface area contributed by atoms with Crippen LogP contribution in [0, 0.1) is 0 Å². The third-order valence-corrected chi connectivity index (χ3v) is 12.3. The highest BCUT2D eigenvalue weighted by atomic mass is 16.3. The molecule has 5 heteroatoms. The van der Waals surface area contributed by atoms with E-state index in [0.29, 0.717) is 5.71 Å². The SMILES string of the molecule is c1ccc(-c2ccc3oc4nc(-c5cccc6c5c5ccccc5n6-c5ccccc5)c(-c5ccc(-n6c7ccccc7c7cc8ccccc8cc76)cc5)nc4c3c2)cc1. The molecule has 0 saturated heterocycles. The lowest BCUT2D eigenvalue weighted by Crippen LogP contribution is -1.97. The Balaban J connectivity index is 1.06. The minimum atomic E-state index is 0.511. The molecule has 0 amide bonds. The van der Waals surface area contributed by atoms with Crippen LogP contribution in [-0.4, -0.2) is 19.1 Å². The van der Waals surface area contributed by atoms with Crippen molar-refractivity contribution in [2.24, 2.45) is 0 Å². The molecule has 0 unspecified atom stereocenters. The lowest BCUT2D eigenvalue weighted by Gasteiger charge is -2.13. The van der Waals surface area contributed by atoms with Crippen molar-refractivity contribution in [3.05, 3.63) is 206 Å². The normalized spacial score (nSPS) is 11.9. The fourth-order valence-electron chi connectivity index (χ4n) is 9.55. The highest BCUT2D eigenvalue weighted by Crippen LogP contribution is 2.43. The Hall–Kier alpha value is -8.28. The topological polar surface area (TPSA) is 48.8 Å². The van der Waals surface area contributed by atoms with E-state index in [-0.39, 0.29) is 0 Å². The maximum absolute atomic E-state index is 6.57. The first-order valence-electron chi connectivity index (χ1n) is 20.7. The van der Waals surface area contributed by atoms with Crippen LogP contribution in [0.25, 0.3) is 122 Å². The van der Waals surface area contributed by atoms with Gasteiger partial charge >= 0.3 is 0 Å². The van der Waals surface area contributed by atoms with Gasteiger partial charge in [-0.2, -0.15) is 0 Å². The van der Waals surface area contributed by atoms with Crippen LogP contribution in [-0.2, 0) is 0 Å². The second-order valence-electron chi connectivity index (χ2n) is 15.8. The first kappa shape index (κ1) is 33.7. The van der Waals surface area contributed by atoms with Gasteiger partial charge in [0.2, 0.25) is 5.71 Å². The number of hydrogen-bond acceptors (Lipinski definition) is 3. The van der Waals surface area contributed by atoms with E-state index in [4.69, 9.17) is 14.4 Å². The number of fused-ring (bicyclic) bond motifs is 10. The van der Waals surface area contributed by atoms with Crippen molar-refractivity contribution in [2.45, 2.75) is 0 Å². The molecule has 0 atom stereocenters. The zero-order valence-electron chi connectivity index (χ0n) is 32.8. The number of para-hydroxylation sites is 3. The molecular formula is C56H34N4O. The van der Waals surface area contributed by atoms with Crippen LogP contribution in [0.5, 0.6) is 0 Å². The van der Waals surface area contributed by atoms with Crippen LogP contribution in [0.1, 0.15) is 0 Å². The first-order chi connectivity index (χ1) is 30.2. The molecule has 0 N–H and O–H groups in total. The van der Waals surface area contributed by atoms with Gasteiger partial charge in [0, 0.05) is 49.4 Å². The number of furan rings is 1. The largest absolute Gasteiger partial charge is 0.436 e. The zero-order valence-corrected chi connectivity index (χ0v) is 32.8. The third kappa shape index (κ3) is 5.14. The maximum Gasteiger partial charge on any atom is 0.246 e. The predicted molar refractivity (Wildman–Crippen MR) is 252 cm³/mol. The molecule has 4 heterocycles. The summed E-state index contributed by atoms with van der Waals surface area (Å²) in [7, 11) is 0. The van der Waals surface area contributed by atoms with E-state index >= 15 is 0 Å². The summed E-state index contributed by atoms with van der Waals surface area (Å²) in [6.45, 7) is 0. The Bertz CT molecular complexity index is 3860. The summed E-state index contributed by atoms with van der Waals surface area (Å²) in [5.41, 5.74) is 14.5. The first-order valence-corrected chi connectivity index (χ1v) is 20.7. The zero-order chi connectivity index (χ0) is 40.0. The molecule has 0 bridgehead atoms. The standard InChI is InChI=1S/C56H34N4O/c1-3-14-35(15-4-1)39-28-31-51-46(33-39)55-56(61-51)58-54(44-22-13-25-49-52(44)43-21-10-12-24-48(43)59(49)40-18-5-2-6-19-40)53(57-55)36-26-29-41(30-27-36)60-47-23-11-9-20-42(47)45-32-37-16-7-8-17-38(37)34-50(45)60/h1-34H. The average molecular weight is 779 g/mol. The summed E-state index contributed by atoms with van der Waals surface area (Å²) >= 11 is 0. The summed E-state index contributed by atoms with van der Waals surface area (Å²) in [5, 5.41) is 8.12. The molecule has 0 saturated carbocycles. The van der Waals surface area contributed by atoms with Crippen molar-refractivity contribution in [3.63, 3.8) is 0 Å². The number of rotatable bonds is 5. The van der Waals surface area contributed by atoms with Gasteiger partial charge in [-0.3, -0.25) is 0 Å². The number of aromatic nitrogens is 4. The van der Waals surface area contributed by atoms with Crippen molar-refractivity contribution >= 4 is 76.6 Å². The van der Waals surface area contributed by atoms with Crippen molar-refractivity contribution in [1.82, 2.24) is 19.1 Å². The van der Waals surface area contributed by atoms with Gasteiger partial charge in [-0.1, -0.05) is 140 Å². The summed E-state index contributed by atoms with van der Waals surface area (Å²) in [5.74, 6) is 0. The Morgan fingerprint density at radius 3 is 1.79 bits per heavy atom. The van der Waals surface area contributed by atoms with Gasteiger partial charge in [0.15, 0.2) is 0 Å². The smallest absolute Gasteiger partial charge is 0.246 e. The summed E-state index contributed by atoms with van der Waals surface area (Å²) in [6, 6.07) is 73.2. The van der Waals surface area contributed by atoms with Gasteiger partial charge in [0.05, 0.1) is 27.8 Å². The Labute approximate surface area is 350 Å². The average Bonchev–Trinajstić information content (AvgIpc) is 3.98. The highest BCUT2D eigenvalue weighted by molar-refractivity contribution is 6.17. The minimum absolute atomic E-state index is 0.511. The predicted octanol–water partition coefficient (Wildman–Crippen LogP) is 14.7. The van der Waals surface area contributed by atoms with Gasteiger partial charge in [-0.05, 0) is 88.6 Å². The molecule has 0 aliphatic carbocycles. The molecule has 61 heavy (non-hydrogen) atoms. The van der Waals surface area contributed by atoms with Gasteiger partial charge in [0.1, 0.15) is 16.8 Å². The second-order valence-corrected chi connectivity index (χ2v) is 15.8. The van der Waals surface area contributed by atoms with Crippen LogP contribution in [0.3, 0.4) is 0 Å². The summed E-state index contributed by atoms with van der Waals surface area (Å²) in [6.07, 6.45) is 0. The van der Waals surface area contributed by atoms with Crippen molar-refractivity contribution in [2.75, 3.05) is 0 Å². The van der Waals surface area contributed by atoms with E-state index < -0.39 is 0 Å². The van der Waals surface area contributed by atoms with Gasteiger partial charge in [-0.15, -0.1) is 0 Å². The number of nitrogens with zero attached hydrogens (tertiary/aromatic N) is 4. The second kappa shape index (κ2) is 13.1. The van der Waals surface area contributed by atoms with Crippen molar-refractivity contribution in [1.29, 1.82) is 0 Å². The van der Waals surface area contributed by atoms with Crippen LogP contribution in [0.2, 0.25) is 0 Å². The molecule has 5 nitrogen and oxygen atoms in total. The fraction of sp³-hybridized carbons (Fsp3) is 0. The van der Waals surface area contributed by atoms with Crippen LogP contribution < -0.4 is 0 Å². The number of hydrogen-bond donors (Lipinski definition) is 0.